The van der Waals surface area contributed by atoms with E-state index in [1.807, 2.05) is 0 Å². The number of hydrogen-bond donors (Lipinski definition) is 0. The van der Waals surface area contributed by atoms with E-state index < -0.39 is 32.3 Å². The van der Waals surface area contributed by atoms with Crippen LogP contribution in [0.15, 0.2) is 28.5 Å². The summed E-state index contributed by atoms with van der Waals surface area (Å²) in [5.74, 6) is 0. The molecule has 180 valence electrons. The van der Waals surface area contributed by atoms with Gasteiger partial charge in [-0.15, -0.1) is 5.73 Å². The summed E-state index contributed by atoms with van der Waals surface area (Å²) in [6.45, 7) is 38.0. The van der Waals surface area contributed by atoms with Crippen molar-refractivity contribution in [3.05, 3.63) is 34.9 Å². The van der Waals surface area contributed by atoms with Gasteiger partial charge in [0, 0.05) is 22.6 Å². The Hall–Kier alpha value is 1.97. The van der Waals surface area contributed by atoms with Crippen LogP contribution < -0.4 is 34.0 Å². The molecule has 0 aliphatic heterocycles. The quantitative estimate of drug-likeness (QED) is 0.286. The molecule has 0 nitrogen and oxygen atoms in total. The summed E-state index contributed by atoms with van der Waals surface area (Å²) in [6, 6.07) is 0. The van der Waals surface area contributed by atoms with E-state index in [1.165, 1.54) is 5.57 Å². The normalized spacial score (nSPS) is 16.0. The molecule has 4 radical (unpaired) electrons. The SMILES string of the molecule is CC(C)(C)C1=CC(C([Si](C)(C)C)[Si](C)(C)C)=C=C(C([Si](C)(C)C)[Si](C)(C)C)[CH]1.[Bi+2].[Br-].[Br-]. The summed E-state index contributed by atoms with van der Waals surface area (Å²) >= 11 is 0. The maximum absolute atomic E-state index is 4.12. The van der Waals surface area contributed by atoms with Crippen molar-refractivity contribution in [3.63, 3.8) is 0 Å². The number of rotatable bonds is 6. The average Bonchev–Trinajstić information content (AvgIpc) is 2.29. The molecule has 0 N–H and O–H groups in total. The molecule has 1 aliphatic rings. The van der Waals surface area contributed by atoms with Crippen LogP contribution in [0.1, 0.15) is 20.8 Å². The summed E-state index contributed by atoms with van der Waals surface area (Å²) in [7, 11) is -5.37. The molecular formula is C24H49BiBr2Si4. The topological polar surface area (TPSA) is 0 Å². The molecule has 7 heteroatoms. The zero-order valence-electron chi connectivity index (χ0n) is 23.0. The minimum absolute atomic E-state index is 0. The van der Waals surface area contributed by atoms with Gasteiger partial charge in [0.15, 0.2) is 0 Å². The molecule has 0 aromatic rings. The second-order valence-electron chi connectivity index (χ2n) is 14.4. The van der Waals surface area contributed by atoms with E-state index in [9.17, 15) is 0 Å². The van der Waals surface area contributed by atoms with Crippen molar-refractivity contribution in [3.8, 4) is 0 Å². The van der Waals surface area contributed by atoms with E-state index in [0.29, 0.717) is 0 Å². The summed E-state index contributed by atoms with van der Waals surface area (Å²) in [6.07, 6.45) is 5.10. The molecule has 0 aromatic carbocycles. The zero-order chi connectivity index (χ0) is 22.5. The van der Waals surface area contributed by atoms with Crippen LogP contribution in [0.4, 0.5) is 0 Å². The fourth-order valence-corrected chi connectivity index (χ4v) is 31.0. The van der Waals surface area contributed by atoms with Crippen LogP contribution in [0.5, 0.6) is 0 Å². The Labute approximate surface area is 240 Å². The van der Waals surface area contributed by atoms with Crippen molar-refractivity contribution >= 4 is 58.5 Å². The Balaban J connectivity index is -0.00000261. The third-order valence-corrected chi connectivity index (χ3v) is 24.4. The van der Waals surface area contributed by atoms with Gasteiger partial charge in [-0.05, 0) is 26.9 Å². The van der Waals surface area contributed by atoms with E-state index in [4.69, 9.17) is 0 Å². The second kappa shape index (κ2) is 12.3. The molecule has 1 rings (SSSR count). The molecular weight excluding hydrogens is 769 g/mol. The van der Waals surface area contributed by atoms with Crippen LogP contribution in [0, 0.1) is 11.8 Å². The zero-order valence-corrected chi connectivity index (χ0v) is 33.7. The van der Waals surface area contributed by atoms with Gasteiger partial charge < -0.3 is 34.0 Å². The molecule has 31 heavy (non-hydrogen) atoms. The fourth-order valence-electron chi connectivity index (χ4n) is 5.82. The maximum atomic E-state index is 4.12. The van der Waals surface area contributed by atoms with Crippen molar-refractivity contribution in [2.24, 2.45) is 5.41 Å². The van der Waals surface area contributed by atoms with Crippen LogP contribution in [0.2, 0.25) is 88.9 Å². The van der Waals surface area contributed by atoms with Crippen molar-refractivity contribution < 1.29 is 34.0 Å². The predicted octanol–water partition coefficient (Wildman–Crippen LogP) is 2.43. The first-order chi connectivity index (χ1) is 12.1. The third-order valence-electron chi connectivity index (χ3n) is 5.86. The maximum Gasteiger partial charge on any atom is 2.00 e. The molecule has 0 atom stereocenters. The van der Waals surface area contributed by atoms with E-state index in [1.54, 1.807) is 11.1 Å². The van der Waals surface area contributed by atoms with Gasteiger partial charge in [-0.25, -0.2) is 0 Å². The van der Waals surface area contributed by atoms with E-state index in [2.05, 4.69) is 118 Å². The van der Waals surface area contributed by atoms with E-state index >= 15 is 0 Å². The minimum atomic E-state index is -1.34. The molecule has 0 bridgehead atoms. The van der Waals surface area contributed by atoms with Gasteiger partial charge in [-0.3, -0.25) is 0 Å². The Morgan fingerprint density at radius 1 is 0.613 bits per heavy atom. The van der Waals surface area contributed by atoms with Crippen LogP contribution in [0.3, 0.4) is 0 Å². The molecule has 0 saturated carbocycles. The van der Waals surface area contributed by atoms with Crippen LogP contribution in [0.25, 0.3) is 0 Å². The van der Waals surface area contributed by atoms with Crippen LogP contribution >= 0.6 is 0 Å². The summed E-state index contributed by atoms with van der Waals surface area (Å²) in [5.41, 5.74) is 8.95. The Bertz CT molecular complexity index is 660. The molecule has 0 spiro atoms. The van der Waals surface area contributed by atoms with Crippen LogP contribution in [-0.4, -0.2) is 58.5 Å². The average molecular weight is 819 g/mol. The summed E-state index contributed by atoms with van der Waals surface area (Å²) in [4.78, 5) is 0. The number of allylic oxidation sites excluding steroid dienone is 3. The van der Waals surface area contributed by atoms with E-state index in [0.717, 1.165) is 10.3 Å². The molecule has 0 saturated heterocycles. The van der Waals surface area contributed by atoms with Crippen molar-refractivity contribution in [2.75, 3.05) is 0 Å². The summed E-state index contributed by atoms with van der Waals surface area (Å²) < 4.78 is 0. The first kappa shape index (κ1) is 37.5. The molecule has 0 aromatic heterocycles. The molecule has 1 aliphatic carbocycles. The van der Waals surface area contributed by atoms with Crippen molar-refractivity contribution in [1.82, 2.24) is 0 Å². The summed E-state index contributed by atoms with van der Waals surface area (Å²) in [5, 5.41) is 1.51. The van der Waals surface area contributed by atoms with Gasteiger partial charge in [0.1, 0.15) is 0 Å². The van der Waals surface area contributed by atoms with Gasteiger partial charge in [0.2, 0.25) is 0 Å². The Morgan fingerprint density at radius 3 is 1.16 bits per heavy atom. The predicted molar refractivity (Wildman–Crippen MR) is 149 cm³/mol. The minimum Gasteiger partial charge on any atom is -1.00 e. The van der Waals surface area contributed by atoms with Gasteiger partial charge in [0.05, 0.1) is 16.1 Å². The van der Waals surface area contributed by atoms with Crippen molar-refractivity contribution in [2.45, 2.75) is 110 Å². The third kappa shape index (κ3) is 10.6. The Morgan fingerprint density at radius 2 is 0.903 bits per heavy atom. The first-order valence-corrected chi connectivity index (χ1v) is 25.4. The monoisotopic (exact) mass is 816 g/mol. The van der Waals surface area contributed by atoms with E-state index in [-0.39, 0.29) is 65.6 Å². The molecule has 0 fully saturated rings. The van der Waals surface area contributed by atoms with Gasteiger partial charge in [-0.1, -0.05) is 111 Å². The van der Waals surface area contributed by atoms with Gasteiger partial charge in [-0.2, -0.15) is 0 Å². The van der Waals surface area contributed by atoms with Gasteiger partial charge in [0.25, 0.3) is 0 Å². The van der Waals surface area contributed by atoms with Crippen LogP contribution in [-0.2, 0) is 0 Å². The molecule has 0 unspecified atom stereocenters. The fraction of sp³-hybridized carbons (Fsp3) is 0.750. The number of hydrogen-bond acceptors (Lipinski definition) is 0. The molecule has 0 amide bonds. The standard InChI is InChI=1S/C24H49Si4.Bi.2BrH/c1-24(2,3)21-17-19(22(25(4,5)6)26(7,8)9)16-20(18-21)23(27(10,11)12)28(13,14)15;;;/h17-18,22-23H,1-15H3;;2*1H/q;+2;;/p-2. The number of halogens is 2. The van der Waals surface area contributed by atoms with Gasteiger partial charge >= 0.3 is 26.2 Å². The Kier molecular flexibility index (Phi) is 14.9. The molecule has 0 heterocycles. The second-order valence-corrected chi connectivity index (χ2v) is 36.8. The smallest absolute Gasteiger partial charge is 1.00 e. The largest absolute Gasteiger partial charge is 2.00 e. The van der Waals surface area contributed by atoms with Crippen molar-refractivity contribution in [1.29, 1.82) is 0 Å². The first-order valence-electron chi connectivity index (χ1n) is 11.1.